The highest BCUT2D eigenvalue weighted by atomic mass is 35.5. The van der Waals surface area contributed by atoms with E-state index in [1.54, 1.807) is 17.0 Å². The van der Waals surface area contributed by atoms with Crippen LogP contribution in [-0.4, -0.2) is 42.0 Å². The van der Waals surface area contributed by atoms with Crippen LogP contribution in [0.5, 0.6) is 5.75 Å². The number of aromatic nitrogens is 1. The molecule has 1 atom stereocenters. The minimum Gasteiger partial charge on any atom is -0.486 e. The van der Waals surface area contributed by atoms with Crippen molar-refractivity contribution in [3.63, 3.8) is 0 Å². The highest BCUT2D eigenvalue weighted by molar-refractivity contribution is 7.13. The second-order valence-corrected chi connectivity index (χ2v) is 6.91. The largest absolute Gasteiger partial charge is 0.486 e. The van der Waals surface area contributed by atoms with E-state index in [1.807, 2.05) is 14.0 Å². The van der Waals surface area contributed by atoms with Gasteiger partial charge in [-0.15, -0.1) is 36.2 Å². The Morgan fingerprint density at radius 1 is 1.38 bits per heavy atom. The number of rotatable bonds is 5. The first-order chi connectivity index (χ1) is 11.5. The molecule has 144 valence electrons. The van der Waals surface area contributed by atoms with Gasteiger partial charge in [-0.3, -0.25) is 4.79 Å². The van der Waals surface area contributed by atoms with Crippen LogP contribution in [0, 0.1) is 12.7 Å². The standard InChI is InChI=1S/C17H20FN3O2S.2ClH/c1-11-16(17(22)21(2)13-7-8-19-9-13)24-15(20-11)10-23-14-5-3-12(18)4-6-14;;/h3-6,13,19H,7-10H2,1-2H3;2*1H. The second-order valence-electron chi connectivity index (χ2n) is 5.83. The van der Waals surface area contributed by atoms with E-state index in [-0.39, 0.29) is 49.2 Å². The van der Waals surface area contributed by atoms with Crippen molar-refractivity contribution in [2.45, 2.75) is 26.0 Å². The first kappa shape index (κ1) is 22.6. The van der Waals surface area contributed by atoms with E-state index < -0.39 is 0 Å². The van der Waals surface area contributed by atoms with Gasteiger partial charge in [0, 0.05) is 19.6 Å². The van der Waals surface area contributed by atoms with Crippen LogP contribution in [0.2, 0.25) is 0 Å². The maximum absolute atomic E-state index is 12.9. The zero-order valence-electron chi connectivity index (χ0n) is 14.5. The summed E-state index contributed by atoms with van der Waals surface area (Å²) in [6.45, 7) is 3.88. The Kier molecular flexibility index (Phi) is 8.76. The fourth-order valence-corrected chi connectivity index (χ4v) is 3.65. The molecular formula is C17H22Cl2FN3O2S. The lowest BCUT2D eigenvalue weighted by Crippen LogP contribution is -2.38. The van der Waals surface area contributed by atoms with Gasteiger partial charge in [0.1, 0.15) is 28.1 Å². The van der Waals surface area contributed by atoms with Gasteiger partial charge in [-0.2, -0.15) is 0 Å². The zero-order chi connectivity index (χ0) is 17.1. The maximum atomic E-state index is 12.9. The monoisotopic (exact) mass is 421 g/mol. The summed E-state index contributed by atoms with van der Waals surface area (Å²) in [5.41, 5.74) is 0.723. The number of thiazole rings is 1. The van der Waals surface area contributed by atoms with E-state index in [0.717, 1.165) is 30.2 Å². The number of carbonyl (C=O) groups is 1. The minimum absolute atomic E-state index is 0. The van der Waals surface area contributed by atoms with E-state index in [0.29, 0.717) is 10.6 Å². The van der Waals surface area contributed by atoms with Crippen LogP contribution in [0.15, 0.2) is 24.3 Å². The molecule has 1 saturated heterocycles. The van der Waals surface area contributed by atoms with Crippen LogP contribution < -0.4 is 10.1 Å². The molecule has 3 rings (SSSR count). The van der Waals surface area contributed by atoms with Gasteiger partial charge in [-0.25, -0.2) is 9.37 Å². The number of benzene rings is 1. The highest BCUT2D eigenvalue weighted by Gasteiger charge is 2.26. The van der Waals surface area contributed by atoms with Gasteiger partial charge >= 0.3 is 0 Å². The first-order valence-electron chi connectivity index (χ1n) is 7.87. The Morgan fingerprint density at radius 2 is 2.08 bits per heavy atom. The molecular weight excluding hydrogens is 400 g/mol. The van der Waals surface area contributed by atoms with Crippen LogP contribution in [0.4, 0.5) is 4.39 Å². The number of carbonyl (C=O) groups excluding carboxylic acids is 1. The number of aryl methyl sites for hydroxylation is 1. The van der Waals surface area contributed by atoms with Gasteiger partial charge in [-0.1, -0.05) is 0 Å². The number of hydrogen-bond donors (Lipinski definition) is 1. The van der Waals surface area contributed by atoms with Crippen molar-refractivity contribution >= 4 is 42.1 Å². The molecule has 2 heterocycles. The van der Waals surface area contributed by atoms with Crippen LogP contribution >= 0.6 is 36.2 Å². The fourth-order valence-electron chi connectivity index (χ4n) is 2.68. The van der Waals surface area contributed by atoms with Crippen LogP contribution in [0.1, 0.15) is 26.8 Å². The molecule has 2 aromatic rings. The highest BCUT2D eigenvalue weighted by Crippen LogP contribution is 2.23. The molecule has 9 heteroatoms. The molecule has 0 radical (unpaired) electrons. The van der Waals surface area contributed by atoms with E-state index in [2.05, 4.69) is 10.3 Å². The Balaban J connectivity index is 0.00000169. The van der Waals surface area contributed by atoms with E-state index in [9.17, 15) is 9.18 Å². The number of nitrogens with zero attached hydrogens (tertiary/aromatic N) is 2. The number of likely N-dealkylation sites (N-methyl/N-ethyl adjacent to an activating group) is 1. The molecule has 0 aliphatic carbocycles. The third-order valence-electron chi connectivity index (χ3n) is 4.11. The lowest BCUT2D eigenvalue weighted by Gasteiger charge is -2.23. The summed E-state index contributed by atoms with van der Waals surface area (Å²) in [4.78, 5) is 19.5. The maximum Gasteiger partial charge on any atom is 0.265 e. The Labute approximate surface area is 168 Å². The molecule has 0 spiro atoms. The summed E-state index contributed by atoms with van der Waals surface area (Å²) >= 11 is 1.36. The summed E-state index contributed by atoms with van der Waals surface area (Å²) in [5.74, 6) is 0.280. The molecule has 0 bridgehead atoms. The minimum atomic E-state index is -0.301. The van der Waals surface area contributed by atoms with Gasteiger partial charge in [0.2, 0.25) is 0 Å². The molecule has 1 aliphatic heterocycles. The molecule has 0 saturated carbocycles. The second kappa shape index (κ2) is 10.1. The molecule has 1 aliphatic rings. The van der Waals surface area contributed by atoms with Gasteiger partial charge < -0.3 is 15.0 Å². The van der Waals surface area contributed by atoms with Crippen molar-refractivity contribution in [1.82, 2.24) is 15.2 Å². The van der Waals surface area contributed by atoms with E-state index >= 15 is 0 Å². The molecule has 1 aromatic heterocycles. The van der Waals surface area contributed by atoms with Gasteiger partial charge in [0.05, 0.1) is 5.69 Å². The number of ether oxygens (including phenoxy) is 1. The summed E-state index contributed by atoms with van der Waals surface area (Å²) in [5, 5.41) is 4.00. The Morgan fingerprint density at radius 3 is 2.69 bits per heavy atom. The first-order valence-corrected chi connectivity index (χ1v) is 8.69. The van der Waals surface area contributed by atoms with E-state index in [1.165, 1.54) is 23.5 Å². The lowest BCUT2D eigenvalue weighted by molar-refractivity contribution is 0.0747. The molecule has 5 nitrogen and oxygen atoms in total. The Hall–Kier alpha value is -1.41. The molecule has 1 N–H and O–H groups in total. The predicted octanol–water partition coefficient (Wildman–Crippen LogP) is 3.45. The van der Waals surface area contributed by atoms with Crippen molar-refractivity contribution < 1.29 is 13.9 Å². The van der Waals surface area contributed by atoms with Crippen molar-refractivity contribution in [2.24, 2.45) is 0 Å². The lowest BCUT2D eigenvalue weighted by atomic mass is 10.2. The van der Waals surface area contributed by atoms with Crippen molar-refractivity contribution in [1.29, 1.82) is 0 Å². The molecule has 1 amide bonds. The summed E-state index contributed by atoms with van der Waals surface area (Å²) in [6.07, 6.45) is 0.973. The fraction of sp³-hybridized carbons (Fsp3) is 0.412. The summed E-state index contributed by atoms with van der Waals surface area (Å²) in [7, 11) is 1.84. The number of nitrogens with one attached hydrogen (secondary N) is 1. The van der Waals surface area contributed by atoms with Gasteiger partial charge in [-0.05, 0) is 44.2 Å². The van der Waals surface area contributed by atoms with Crippen LogP contribution in [-0.2, 0) is 6.61 Å². The van der Waals surface area contributed by atoms with Crippen molar-refractivity contribution in [3.05, 3.63) is 45.7 Å². The number of hydrogen-bond acceptors (Lipinski definition) is 5. The average molecular weight is 422 g/mol. The smallest absolute Gasteiger partial charge is 0.265 e. The summed E-state index contributed by atoms with van der Waals surface area (Å²) < 4.78 is 18.5. The van der Waals surface area contributed by atoms with Crippen molar-refractivity contribution in [2.75, 3.05) is 20.1 Å². The average Bonchev–Trinajstić information content (AvgIpc) is 3.23. The van der Waals surface area contributed by atoms with Crippen LogP contribution in [0.25, 0.3) is 0 Å². The van der Waals surface area contributed by atoms with Crippen LogP contribution in [0.3, 0.4) is 0 Å². The molecule has 1 aromatic carbocycles. The number of amides is 1. The molecule has 1 unspecified atom stereocenters. The molecule has 1 fully saturated rings. The predicted molar refractivity (Wildman–Crippen MR) is 105 cm³/mol. The third kappa shape index (κ3) is 5.30. The zero-order valence-corrected chi connectivity index (χ0v) is 17.0. The third-order valence-corrected chi connectivity index (χ3v) is 5.23. The SMILES string of the molecule is Cc1nc(COc2ccc(F)cc2)sc1C(=O)N(C)C1CCNC1.Cl.Cl. The normalized spacial score (nSPS) is 15.7. The van der Waals surface area contributed by atoms with E-state index in [4.69, 9.17) is 4.74 Å². The topological polar surface area (TPSA) is 54.5 Å². The Bertz CT molecular complexity index is 721. The quantitative estimate of drug-likeness (QED) is 0.802. The number of halogens is 3. The van der Waals surface area contributed by atoms with Crippen molar-refractivity contribution in [3.8, 4) is 5.75 Å². The molecule has 26 heavy (non-hydrogen) atoms. The van der Waals surface area contributed by atoms with Gasteiger partial charge in [0.15, 0.2) is 0 Å². The summed E-state index contributed by atoms with van der Waals surface area (Å²) in [6, 6.07) is 6.08. The van der Waals surface area contributed by atoms with Gasteiger partial charge in [0.25, 0.3) is 5.91 Å².